The topological polar surface area (TPSA) is 70.6 Å². The summed E-state index contributed by atoms with van der Waals surface area (Å²) in [5.41, 5.74) is 6.18. The summed E-state index contributed by atoms with van der Waals surface area (Å²) in [7, 11) is 1.60. The van der Waals surface area contributed by atoms with Crippen LogP contribution in [0.3, 0.4) is 0 Å². The van der Waals surface area contributed by atoms with E-state index in [2.05, 4.69) is 66.5 Å². The van der Waals surface area contributed by atoms with Gasteiger partial charge >= 0.3 is 6.03 Å². The number of ether oxygens (including phenoxy) is 1. The lowest BCUT2D eigenvalue weighted by Crippen LogP contribution is -2.50. The van der Waals surface area contributed by atoms with Gasteiger partial charge in [-0.25, -0.2) is 14.8 Å². The maximum absolute atomic E-state index is 13.0. The van der Waals surface area contributed by atoms with Gasteiger partial charge in [0.2, 0.25) is 0 Å². The summed E-state index contributed by atoms with van der Waals surface area (Å²) in [6.45, 7) is 6.70. The molecule has 0 spiro atoms. The number of nitrogens with zero attached hydrogens (tertiary/aromatic N) is 4. The fraction of sp³-hybridized carbons (Fsp3) is 0.258. The van der Waals surface area contributed by atoms with Crippen LogP contribution < -0.4 is 15.0 Å². The number of carbonyl (C=O) groups excluding carboxylic acids is 1. The van der Waals surface area contributed by atoms with Gasteiger partial charge in [-0.05, 0) is 37.6 Å². The van der Waals surface area contributed by atoms with E-state index in [9.17, 15) is 4.79 Å². The van der Waals surface area contributed by atoms with E-state index >= 15 is 0 Å². The highest BCUT2D eigenvalue weighted by Gasteiger charge is 2.26. The van der Waals surface area contributed by atoms with Crippen molar-refractivity contribution in [3.05, 3.63) is 101 Å². The molecule has 0 atom stereocenters. The quantitative estimate of drug-likeness (QED) is 0.362. The van der Waals surface area contributed by atoms with Gasteiger partial charge in [0.1, 0.15) is 11.6 Å². The molecule has 4 aromatic rings. The van der Waals surface area contributed by atoms with E-state index in [0.717, 1.165) is 34.9 Å². The van der Waals surface area contributed by atoms with E-state index in [1.807, 2.05) is 41.3 Å². The lowest BCUT2D eigenvalue weighted by Gasteiger charge is -2.36. The summed E-state index contributed by atoms with van der Waals surface area (Å²) in [6, 6.07) is 26.1. The van der Waals surface area contributed by atoms with Crippen molar-refractivity contribution >= 4 is 17.5 Å². The lowest BCUT2D eigenvalue weighted by molar-refractivity contribution is 0.208. The number of para-hydroxylation sites is 2. The summed E-state index contributed by atoms with van der Waals surface area (Å²) in [6.07, 6.45) is 0.755. The smallest absolute Gasteiger partial charge is 0.322 e. The molecule has 1 saturated heterocycles. The fourth-order valence-electron chi connectivity index (χ4n) is 4.83. The number of nitrogens with one attached hydrogen (secondary N) is 1. The van der Waals surface area contributed by atoms with Gasteiger partial charge in [0, 0.05) is 49.4 Å². The van der Waals surface area contributed by atoms with Crippen LogP contribution in [0.25, 0.3) is 11.4 Å². The number of rotatable bonds is 6. The SMILES string of the molecule is COc1ccccc1NC(=O)N1CCN(c2nc(-c3cccc(C)c3)nc(C)c2Cc2ccccc2)CC1. The average Bonchev–Trinajstić information content (AvgIpc) is 2.95. The molecule has 38 heavy (non-hydrogen) atoms. The third kappa shape index (κ3) is 5.62. The van der Waals surface area contributed by atoms with Gasteiger partial charge in [0.15, 0.2) is 5.82 Å². The van der Waals surface area contributed by atoms with E-state index in [0.29, 0.717) is 37.6 Å². The number of methoxy groups -OCH3 is 1. The van der Waals surface area contributed by atoms with Crippen LogP contribution in [0.5, 0.6) is 5.75 Å². The zero-order chi connectivity index (χ0) is 26.5. The lowest BCUT2D eigenvalue weighted by atomic mass is 10.0. The average molecular weight is 508 g/mol. The van der Waals surface area contributed by atoms with Crippen molar-refractivity contribution in [2.24, 2.45) is 0 Å². The summed E-state index contributed by atoms with van der Waals surface area (Å²) >= 11 is 0. The molecule has 0 unspecified atom stereocenters. The first-order valence-electron chi connectivity index (χ1n) is 12.9. The second kappa shape index (κ2) is 11.3. The zero-order valence-electron chi connectivity index (χ0n) is 22.1. The van der Waals surface area contributed by atoms with Crippen molar-refractivity contribution in [3.8, 4) is 17.1 Å². The van der Waals surface area contributed by atoms with Crippen LogP contribution in [-0.4, -0.2) is 54.2 Å². The van der Waals surface area contributed by atoms with E-state index in [-0.39, 0.29) is 6.03 Å². The Bertz CT molecular complexity index is 1420. The minimum Gasteiger partial charge on any atom is -0.495 e. The van der Waals surface area contributed by atoms with Gasteiger partial charge < -0.3 is 19.9 Å². The Kier molecular flexibility index (Phi) is 7.54. The molecule has 1 aliphatic rings. The standard InChI is InChI=1S/C31H33N5O2/c1-22-10-9-13-25(20-22)29-32-23(2)26(21-24-11-5-4-6-12-24)30(34-29)35-16-18-36(19-17-35)31(37)33-27-14-7-8-15-28(27)38-3/h4-15,20H,16-19,21H2,1-3H3,(H,33,37). The number of anilines is 2. The number of piperazine rings is 1. The van der Waals surface area contributed by atoms with Crippen LogP contribution in [0.1, 0.15) is 22.4 Å². The fourth-order valence-corrected chi connectivity index (χ4v) is 4.83. The third-order valence-electron chi connectivity index (χ3n) is 6.91. The monoisotopic (exact) mass is 507 g/mol. The van der Waals surface area contributed by atoms with Gasteiger partial charge in [0.25, 0.3) is 0 Å². The number of hydrogen-bond donors (Lipinski definition) is 1. The van der Waals surface area contributed by atoms with Crippen LogP contribution >= 0.6 is 0 Å². The van der Waals surface area contributed by atoms with Crippen LogP contribution in [0.4, 0.5) is 16.3 Å². The second-order valence-electron chi connectivity index (χ2n) is 9.57. The number of carbonyl (C=O) groups is 1. The van der Waals surface area contributed by atoms with Gasteiger partial charge in [-0.2, -0.15) is 0 Å². The summed E-state index contributed by atoms with van der Waals surface area (Å²) in [5, 5.41) is 2.99. The molecule has 1 N–H and O–H groups in total. The van der Waals surface area contributed by atoms with Crippen LogP contribution in [0.2, 0.25) is 0 Å². The number of amides is 2. The Balaban J connectivity index is 1.39. The predicted octanol–water partition coefficient (Wildman–Crippen LogP) is 5.71. The Morgan fingerprint density at radius 2 is 1.63 bits per heavy atom. The van der Waals surface area contributed by atoms with E-state index in [1.54, 1.807) is 7.11 Å². The Labute approximate surface area is 224 Å². The molecule has 2 heterocycles. The molecule has 5 rings (SSSR count). The maximum atomic E-state index is 13.0. The molecule has 0 radical (unpaired) electrons. The molecule has 7 nitrogen and oxygen atoms in total. The van der Waals surface area contributed by atoms with Gasteiger partial charge in [-0.3, -0.25) is 0 Å². The predicted molar refractivity (Wildman–Crippen MR) is 152 cm³/mol. The number of aromatic nitrogens is 2. The molecular formula is C31H33N5O2. The molecule has 7 heteroatoms. The van der Waals surface area contributed by atoms with Crippen molar-refractivity contribution in [1.82, 2.24) is 14.9 Å². The van der Waals surface area contributed by atoms with Crippen molar-refractivity contribution in [2.75, 3.05) is 43.5 Å². The van der Waals surface area contributed by atoms with Crippen molar-refractivity contribution < 1.29 is 9.53 Å². The minimum absolute atomic E-state index is 0.127. The molecule has 0 bridgehead atoms. The number of aryl methyl sites for hydroxylation is 2. The van der Waals surface area contributed by atoms with Crippen molar-refractivity contribution in [2.45, 2.75) is 20.3 Å². The third-order valence-corrected chi connectivity index (χ3v) is 6.91. The first kappa shape index (κ1) is 25.3. The van der Waals surface area contributed by atoms with Crippen LogP contribution in [0, 0.1) is 13.8 Å². The van der Waals surface area contributed by atoms with E-state index in [1.165, 1.54) is 11.1 Å². The van der Waals surface area contributed by atoms with E-state index < -0.39 is 0 Å². The highest BCUT2D eigenvalue weighted by molar-refractivity contribution is 5.91. The number of urea groups is 1. The van der Waals surface area contributed by atoms with E-state index in [4.69, 9.17) is 14.7 Å². The van der Waals surface area contributed by atoms with Crippen molar-refractivity contribution in [1.29, 1.82) is 0 Å². The Morgan fingerprint density at radius 3 is 2.37 bits per heavy atom. The molecule has 1 aliphatic heterocycles. The minimum atomic E-state index is -0.127. The van der Waals surface area contributed by atoms with Crippen molar-refractivity contribution in [3.63, 3.8) is 0 Å². The highest BCUT2D eigenvalue weighted by Crippen LogP contribution is 2.29. The molecule has 1 fully saturated rings. The number of benzene rings is 3. The first-order valence-corrected chi connectivity index (χ1v) is 12.9. The molecule has 0 aliphatic carbocycles. The first-order chi connectivity index (χ1) is 18.5. The Hall–Kier alpha value is -4.39. The van der Waals surface area contributed by atoms with Gasteiger partial charge in [0.05, 0.1) is 12.8 Å². The highest BCUT2D eigenvalue weighted by atomic mass is 16.5. The molecule has 194 valence electrons. The summed E-state index contributed by atoms with van der Waals surface area (Å²) in [4.78, 5) is 27.2. The summed E-state index contributed by atoms with van der Waals surface area (Å²) < 4.78 is 5.38. The Morgan fingerprint density at radius 1 is 0.895 bits per heavy atom. The molecular weight excluding hydrogens is 474 g/mol. The van der Waals surface area contributed by atoms with Gasteiger partial charge in [-0.1, -0.05) is 66.2 Å². The maximum Gasteiger partial charge on any atom is 0.322 e. The molecule has 0 saturated carbocycles. The number of hydrogen-bond acceptors (Lipinski definition) is 5. The summed E-state index contributed by atoms with van der Waals surface area (Å²) in [5.74, 6) is 2.32. The van der Waals surface area contributed by atoms with Crippen LogP contribution in [0.15, 0.2) is 78.9 Å². The normalized spacial score (nSPS) is 13.3. The molecule has 2 amide bonds. The molecule has 3 aromatic carbocycles. The van der Waals surface area contributed by atoms with Gasteiger partial charge in [-0.15, -0.1) is 0 Å². The largest absolute Gasteiger partial charge is 0.495 e. The molecule has 1 aromatic heterocycles. The zero-order valence-corrected chi connectivity index (χ0v) is 22.1. The second-order valence-corrected chi connectivity index (χ2v) is 9.57. The van der Waals surface area contributed by atoms with Crippen LogP contribution in [-0.2, 0) is 6.42 Å².